The lowest BCUT2D eigenvalue weighted by molar-refractivity contribution is 0.544. The van der Waals surface area contributed by atoms with Crippen molar-refractivity contribution in [2.45, 2.75) is 32.3 Å². The van der Waals surface area contributed by atoms with Gasteiger partial charge in [-0.3, -0.25) is 0 Å². The number of hydrogen-bond donors (Lipinski definition) is 0. The summed E-state index contributed by atoms with van der Waals surface area (Å²) in [4.78, 5) is 0. The van der Waals surface area contributed by atoms with E-state index in [1.165, 1.54) is 0 Å². The van der Waals surface area contributed by atoms with Crippen LogP contribution < -0.4 is 0 Å². The van der Waals surface area contributed by atoms with Crippen molar-refractivity contribution in [3.8, 4) is 0 Å². The molecule has 0 aliphatic heterocycles. The first kappa shape index (κ1) is 18.3. The topological polar surface area (TPSA) is 0 Å². The normalized spacial score (nSPS) is 38.3. The van der Waals surface area contributed by atoms with E-state index >= 15 is 0 Å². The standard InChI is InChI=1S/C6H6Cl6.C6H5Cl/c7-1-2(8)4(10)6(12)5(11)3(1)9;7-6-4-2-1-3-5-6/h1-6H;1-5H/t1-,2-,3-,4+,5+,6+;. The minimum atomic E-state index is -0.437. The Morgan fingerprint density at radius 2 is 0.789 bits per heavy atom. The largest absolute Gasteiger partial charge is 0.120 e. The summed E-state index contributed by atoms with van der Waals surface area (Å²) in [7, 11) is 0. The van der Waals surface area contributed by atoms with E-state index in [0.717, 1.165) is 5.02 Å². The van der Waals surface area contributed by atoms with Crippen molar-refractivity contribution in [2.75, 3.05) is 0 Å². The van der Waals surface area contributed by atoms with Crippen LogP contribution >= 0.6 is 81.2 Å². The molecular formula is C12H11Cl7. The highest BCUT2D eigenvalue weighted by Crippen LogP contribution is 2.39. The lowest BCUT2D eigenvalue weighted by Crippen LogP contribution is -2.52. The number of alkyl halides is 6. The molecule has 0 radical (unpaired) electrons. The lowest BCUT2D eigenvalue weighted by Gasteiger charge is -2.37. The van der Waals surface area contributed by atoms with Crippen LogP contribution in [0.1, 0.15) is 0 Å². The Bertz CT molecular complexity index is 313. The Labute approximate surface area is 148 Å². The fraction of sp³-hybridized carbons (Fsp3) is 0.500. The maximum Gasteiger partial charge on any atom is 0.0693 e. The summed E-state index contributed by atoms with van der Waals surface area (Å²) in [5, 5.41) is -1.83. The molecule has 1 aromatic rings. The molecule has 0 bridgehead atoms. The second kappa shape index (κ2) is 8.63. The maximum absolute atomic E-state index is 5.88. The van der Waals surface area contributed by atoms with Crippen molar-refractivity contribution in [3.05, 3.63) is 35.4 Å². The van der Waals surface area contributed by atoms with Gasteiger partial charge in [-0.2, -0.15) is 0 Å². The molecule has 108 valence electrons. The minimum absolute atomic E-state index is 0.437. The number of benzene rings is 1. The Hall–Kier alpha value is 1.25. The molecule has 19 heavy (non-hydrogen) atoms. The van der Waals surface area contributed by atoms with Gasteiger partial charge in [-0.05, 0) is 12.1 Å². The van der Waals surface area contributed by atoms with E-state index in [-0.39, 0.29) is 0 Å². The summed E-state index contributed by atoms with van der Waals surface area (Å²) in [5.74, 6) is 0. The average molecular weight is 403 g/mol. The fourth-order valence-electron chi connectivity index (χ4n) is 1.47. The van der Waals surface area contributed by atoms with Crippen molar-refractivity contribution in [3.63, 3.8) is 0 Å². The molecular weight excluding hydrogens is 392 g/mol. The summed E-state index contributed by atoms with van der Waals surface area (Å²) in [5.41, 5.74) is 0. The minimum Gasteiger partial charge on any atom is -0.120 e. The highest BCUT2D eigenvalue weighted by Gasteiger charge is 2.46. The summed E-state index contributed by atoms with van der Waals surface area (Å²) in [6.45, 7) is 0. The number of halogens is 7. The Kier molecular flexibility index (Phi) is 8.32. The molecule has 1 aliphatic rings. The van der Waals surface area contributed by atoms with Crippen molar-refractivity contribution in [1.82, 2.24) is 0 Å². The van der Waals surface area contributed by atoms with Crippen molar-refractivity contribution < 1.29 is 0 Å². The summed E-state index contributed by atoms with van der Waals surface area (Å²) >= 11 is 40.8. The van der Waals surface area contributed by atoms with E-state index in [4.69, 9.17) is 81.2 Å². The van der Waals surface area contributed by atoms with Crippen LogP contribution in [0.2, 0.25) is 5.02 Å². The first-order chi connectivity index (χ1) is 8.86. The average Bonchev–Trinajstić information content (AvgIpc) is 2.42. The predicted octanol–water partition coefficient (Wildman–Crippen LogP) is 5.98. The van der Waals surface area contributed by atoms with Gasteiger partial charge in [-0.25, -0.2) is 0 Å². The van der Waals surface area contributed by atoms with Crippen LogP contribution in [0.5, 0.6) is 0 Å². The van der Waals surface area contributed by atoms with Gasteiger partial charge in [0.05, 0.1) is 32.3 Å². The van der Waals surface area contributed by atoms with Gasteiger partial charge in [-0.1, -0.05) is 29.8 Å². The molecule has 0 amide bonds. The first-order valence-corrected chi connectivity index (χ1v) is 8.41. The van der Waals surface area contributed by atoms with Gasteiger partial charge in [0.1, 0.15) is 0 Å². The second-order valence-corrected chi connectivity index (χ2v) is 7.42. The van der Waals surface area contributed by atoms with Crippen LogP contribution in [-0.4, -0.2) is 32.3 Å². The molecule has 1 aromatic carbocycles. The molecule has 0 atom stereocenters. The molecule has 1 aliphatic carbocycles. The first-order valence-electron chi connectivity index (χ1n) is 5.41. The van der Waals surface area contributed by atoms with Gasteiger partial charge in [0.25, 0.3) is 0 Å². The zero-order valence-electron chi connectivity index (χ0n) is 9.50. The van der Waals surface area contributed by atoms with Crippen molar-refractivity contribution in [1.29, 1.82) is 0 Å². The van der Waals surface area contributed by atoms with Crippen LogP contribution in [0, 0.1) is 0 Å². The second-order valence-electron chi connectivity index (χ2n) is 3.96. The van der Waals surface area contributed by atoms with E-state index in [1.807, 2.05) is 30.3 Å². The van der Waals surface area contributed by atoms with Crippen LogP contribution in [-0.2, 0) is 0 Å². The van der Waals surface area contributed by atoms with Crippen LogP contribution in [0.15, 0.2) is 30.3 Å². The van der Waals surface area contributed by atoms with Gasteiger partial charge in [-0.15, -0.1) is 69.6 Å². The van der Waals surface area contributed by atoms with E-state index in [0.29, 0.717) is 0 Å². The molecule has 0 spiro atoms. The van der Waals surface area contributed by atoms with Gasteiger partial charge in [0.2, 0.25) is 0 Å². The maximum atomic E-state index is 5.88. The van der Waals surface area contributed by atoms with Crippen molar-refractivity contribution in [2.24, 2.45) is 0 Å². The highest BCUT2D eigenvalue weighted by atomic mass is 35.5. The predicted molar refractivity (Wildman–Crippen MR) is 89.3 cm³/mol. The molecule has 0 aromatic heterocycles. The van der Waals surface area contributed by atoms with Gasteiger partial charge < -0.3 is 0 Å². The smallest absolute Gasteiger partial charge is 0.0693 e. The summed E-state index contributed by atoms with van der Waals surface area (Å²) in [6, 6.07) is 9.44. The van der Waals surface area contributed by atoms with Crippen LogP contribution in [0.3, 0.4) is 0 Å². The Morgan fingerprint density at radius 1 is 0.526 bits per heavy atom. The summed E-state index contributed by atoms with van der Waals surface area (Å²) < 4.78 is 0. The molecule has 0 saturated heterocycles. The zero-order valence-corrected chi connectivity index (χ0v) is 14.8. The molecule has 7 heteroatoms. The molecule has 1 saturated carbocycles. The third kappa shape index (κ3) is 5.18. The molecule has 0 heterocycles. The number of hydrogen-bond acceptors (Lipinski definition) is 0. The van der Waals surface area contributed by atoms with E-state index < -0.39 is 32.3 Å². The van der Waals surface area contributed by atoms with Gasteiger partial charge >= 0.3 is 0 Å². The van der Waals surface area contributed by atoms with Crippen LogP contribution in [0.4, 0.5) is 0 Å². The van der Waals surface area contributed by atoms with E-state index in [2.05, 4.69) is 0 Å². The molecule has 0 N–H and O–H groups in total. The molecule has 0 nitrogen and oxygen atoms in total. The van der Waals surface area contributed by atoms with Crippen LogP contribution in [0.25, 0.3) is 0 Å². The Balaban J connectivity index is 0.000000218. The Morgan fingerprint density at radius 3 is 0.947 bits per heavy atom. The monoisotopic (exact) mass is 400 g/mol. The van der Waals surface area contributed by atoms with Gasteiger partial charge in [0, 0.05) is 5.02 Å². The number of rotatable bonds is 0. The quantitative estimate of drug-likeness (QED) is 0.467. The zero-order chi connectivity index (χ0) is 14.6. The van der Waals surface area contributed by atoms with E-state index in [9.17, 15) is 0 Å². The third-order valence-corrected chi connectivity index (χ3v) is 6.84. The van der Waals surface area contributed by atoms with E-state index in [1.54, 1.807) is 0 Å². The third-order valence-electron chi connectivity index (χ3n) is 2.56. The highest BCUT2D eigenvalue weighted by molar-refractivity contribution is 6.45. The molecule has 1 fully saturated rings. The van der Waals surface area contributed by atoms with Crippen molar-refractivity contribution >= 4 is 81.2 Å². The molecule has 2 rings (SSSR count). The SMILES string of the molecule is Cl[C@H]1[C@H](Cl)[C@@H](Cl)[C@@H](Cl)[C@H](Cl)[C@H]1Cl.Clc1ccccc1. The fourth-order valence-corrected chi connectivity index (χ4v) is 3.94. The van der Waals surface area contributed by atoms with Gasteiger partial charge in [0.15, 0.2) is 0 Å². The lowest BCUT2D eigenvalue weighted by atomic mass is 9.97. The molecule has 0 unspecified atom stereocenters. The summed E-state index contributed by atoms with van der Waals surface area (Å²) in [6.07, 6.45) is 0.